The highest BCUT2D eigenvalue weighted by molar-refractivity contribution is 6.31. The number of nitrogens with one attached hydrogen (secondary N) is 3. The van der Waals surface area contributed by atoms with Gasteiger partial charge in [0.15, 0.2) is 0 Å². The quantitative estimate of drug-likeness (QED) is 0.467. The highest BCUT2D eigenvalue weighted by atomic mass is 35.5. The zero-order valence-electron chi connectivity index (χ0n) is 15.3. The minimum atomic E-state index is -2.16. The second-order valence-electron chi connectivity index (χ2n) is 6.10. The standard InChI is InChI=1S/C19H15Cl2F2N5O2/c20-13-8-11(1-3-14(13)22)28-18-12-7-10(2-4-15(12)25-9-26-18)27-16(29)5-6-24-19(30)17(21)23/h1-4,7-9,17H,5-6H2,(H,24,30)(H,27,29)(H,25,26,28). The Bertz CT molecular complexity index is 1100. The van der Waals surface area contributed by atoms with E-state index in [1.54, 1.807) is 18.2 Å². The SMILES string of the molecule is O=C(CCNC(=O)C(F)Cl)Nc1ccc2ncnc(Nc3ccc(F)c(Cl)c3)c2c1. The first-order valence-corrected chi connectivity index (χ1v) is 9.47. The lowest BCUT2D eigenvalue weighted by Crippen LogP contribution is -2.31. The van der Waals surface area contributed by atoms with Gasteiger partial charge in [-0.15, -0.1) is 0 Å². The Hall–Kier alpha value is -3.04. The van der Waals surface area contributed by atoms with E-state index >= 15 is 0 Å². The lowest BCUT2D eigenvalue weighted by molar-refractivity contribution is -0.123. The smallest absolute Gasteiger partial charge is 0.270 e. The molecule has 2 amide bonds. The third-order valence-corrected chi connectivity index (χ3v) is 4.44. The number of nitrogens with zero attached hydrogens (tertiary/aromatic N) is 2. The molecule has 1 heterocycles. The maximum atomic E-state index is 13.4. The van der Waals surface area contributed by atoms with Crippen molar-refractivity contribution in [3.05, 3.63) is 53.6 Å². The zero-order valence-corrected chi connectivity index (χ0v) is 16.8. The first kappa shape index (κ1) is 21.7. The Labute approximate surface area is 179 Å². The average Bonchev–Trinajstić information content (AvgIpc) is 2.71. The molecule has 156 valence electrons. The molecule has 11 heteroatoms. The van der Waals surface area contributed by atoms with E-state index in [1.807, 2.05) is 0 Å². The van der Waals surface area contributed by atoms with Crippen molar-refractivity contribution >= 4 is 63.1 Å². The summed E-state index contributed by atoms with van der Waals surface area (Å²) in [5, 5.41) is 8.48. The average molecular weight is 454 g/mol. The van der Waals surface area contributed by atoms with Crippen LogP contribution in [0.2, 0.25) is 5.02 Å². The van der Waals surface area contributed by atoms with Crippen molar-refractivity contribution in [2.75, 3.05) is 17.2 Å². The molecule has 0 aliphatic heterocycles. The Morgan fingerprint density at radius 2 is 1.87 bits per heavy atom. The molecular weight excluding hydrogens is 439 g/mol. The number of anilines is 3. The highest BCUT2D eigenvalue weighted by Crippen LogP contribution is 2.27. The predicted molar refractivity (Wildman–Crippen MR) is 111 cm³/mol. The van der Waals surface area contributed by atoms with Crippen LogP contribution in [0.15, 0.2) is 42.7 Å². The van der Waals surface area contributed by atoms with Gasteiger partial charge in [0.1, 0.15) is 18.0 Å². The van der Waals surface area contributed by atoms with Crippen LogP contribution in [0.1, 0.15) is 6.42 Å². The molecule has 3 aromatic rings. The van der Waals surface area contributed by atoms with Gasteiger partial charge in [-0.1, -0.05) is 23.2 Å². The fourth-order valence-corrected chi connectivity index (χ4v) is 2.80. The summed E-state index contributed by atoms with van der Waals surface area (Å²) in [6, 6.07) is 9.17. The summed E-state index contributed by atoms with van der Waals surface area (Å²) >= 11 is 10.8. The highest BCUT2D eigenvalue weighted by Gasteiger charge is 2.13. The third-order valence-electron chi connectivity index (χ3n) is 3.95. The van der Waals surface area contributed by atoms with Crippen LogP contribution in [-0.4, -0.2) is 34.0 Å². The van der Waals surface area contributed by atoms with Crippen LogP contribution >= 0.6 is 23.2 Å². The Balaban J connectivity index is 1.73. The molecule has 1 aromatic heterocycles. The minimum absolute atomic E-state index is 0.0355. The molecule has 3 N–H and O–H groups in total. The number of hydrogen-bond acceptors (Lipinski definition) is 5. The van der Waals surface area contributed by atoms with E-state index in [0.717, 1.165) is 0 Å². The van der Waals surface area contributed by atoms with Gasteiger partial charge in [-0.05, 0) is 36.4 Å². The molecule has 0 fully saturated rings. The van der Waals surface area contributed by atoms with Crippen molar-refractivity contribution in [2.24, 2.45) is 0 Å². The molecule has 3 rings (SSSR count). The Morgan fingerprint density at radius 1 is 1.10 bits per heavy atom. The summed E-state index contributed by atoms with van der Waals surface area (Å²) in [5.41, 5.74) is -0.552. The van der Waals surface area contributed by atoms with Crippen LogP contribution in [0.5, 0.6) is 0 Å². The van der Waals surface area contributed by atoms with Gasteiger partial charge in [0.25, 0.3) is 11.5 Å². The van der Waals surface area contributed by atoms with Crippen molar-refractivity contribution in [2.45, 2.75) is 12.1 Å². The number of alkyl halides is 2. The number of hydrogen-bond donors (Lipinski definition) is 3. The monoisotopic (exact) mass is 453 g/mol. The number of fused-ring (bicyclic) bond motifs is 1. The predicted octanol–water partition coefficient (Wildman–Crippen LogP) is 4.15. The molecule has 0 spiro atoms. The molecule has 0 saturated heterocycles. The van der Waals surface area contributed by atoms with E-state index in [4.69, 9.17) is 23.2 Å². The summed E-state index contributed by atoms with van der Waals surface area (Å²) in [7, 11) is 0. The molecule has 0 bridgehead atoms. The van der Waals surface area contributed by atoms with E-state index in [-0.39, 0.29) is 18.0 Å². The summed E-state index contributed by atoms with van der Waals surface area (Å²) in [6.45, 7) is -0.0629. The molecule has 0 saturated carbocycles. The van der Waals surface area contributed by atoms with Gasteiger partial charge in [-0.25, -0.2) is 18.7 Å². The van der Waals surface area contributed by atoms with Crippen LogP contribution in [0.3, 0.4) is 0 Å². The van der Waals surface area contributed by atoms with Gasteiger partial charge in [-0.3, -0.25) is 9.59 Å². The van der Waals surface area contributed by atoms with Gasteiger partial charge >= 0.3 is 0 Å². The number of benzene rings is 2. The minimum Gasteiger partial charge on any atom is -0.352 e. The number of amides is 2. The fraction of sp³-hybridized carbons (Fsp3) is 0.158. The van der Waals surface area contributed by atoms with Gasteiger partial charge in [0.05, 0.1) is 10.5 Å². The second kappa shape index (κ2) is 9.64. The first-order valence-electron chi connectivity index (χ1n) is 8.66. The fourth-order valence-electron chi connectivity index (χ4n) is 2.54. The van der Waals surface area contributed by atoms with Crippen molar-refractivity contribution in [1.82, 2.24) is 15.3 Å². The molecular formula is C19H15Cl2F2N5O2. The molecule has 30 heavy (non-hydrogen) atoms. The summed E-state index contributed by atoms with van der Waals surface area (Å²) in [6.07, 6.45) is 1.30. The van der Waals surface area contributed by atoms with Crippen molar-refractivity contribution in [3.63, 3.8) is 0 Å². The van der Waals surface area contributed by atoms with Crippen LogP contribution < -0.4 is 16.0 Å². The van der Waals surface area contributed by atoms with E-state index in [1.165, 1.54) is 24.5 Å². The van der Waals surface area contributed by atoms with Crippen LogP contribution in [0.25, 0.3) is 10.9 Å². The van der Waals surface area contributed by atoms with Crippen LogP contribution in [0, 0.1) is 5.82 Å². The Morgan fingerprint density at radius 3 is 2.60 bits per heavy atom. The van der Waals surface area contributed by atoms with Crippen molar-refractivity contribution < 1.29 is 18.4 Å². The van der Waals surface area contributed by atoms with E-state index < -0.39 is 23.3 Å². The van der Waals surface area contributed by atoms with Gasteiger partial charge in [0, 0.05) is 29.7 Å². The molecule has 0 aliphatic carbocycles. The van der Waals surface area contributed by atoms with Crippen molar-refractivity contribution in [1.29, 1.82) is 0 Å². The summed E-state index contributed by atoms with van der Waals surface area (Å²) in [5.74, 6) is -1.49. The number of halogens is 4. The lowest BCUT2D eigenvalue weighted by Gasteiger charge is -2.11. The first-order chi connectivity index (χ1) is 14.3. The molecule has 1 atom stereocenters. The molecule has 7 nitrogen and oxygen atoms in total. The number of aromatic nitrogens is 2. The van der Waals surface area contributed by atoms with Crippen molar-refractivity contribution in [3.8, 4) is 0 Å². The molecule has 2 aromatic carbocycles. The summed E-state index contributed by atoms with van der Waals surface area (Å²) in [4.78, 5) is 31.5. The zero-order chi connectivity index (χ0) is 21.7. The molecule has 0 radical (unpaired) electrons. The largest absolute Gasteiger partial charge is 0.352 e. The van der Waals surface area contributed by atoms with Gasteiger partial charge < -0.3 is 16.0 Å². The van der Waals surface area contributed by atoms with Crippen LogP contribution in [-0.2, 0) is 9.59 Å². The number of rotatable bonds is 7. The maximum absolute atomic E-state index is 13.4. The maximum Gasteiger partial charge on any atom is 0.270 e. The van der Waals surface area contributed by atoms with E-state index in [0.29, 0.717) is 28.1 Å². The van der Waals surface area contributed by atoms with Crippen LogP contribution in [0.4, 0.5) is 26.0 Å². The molecule has 0 aliphatic rings. The van der Waals surface area contributed by atoms with Gasteiger partial charge in [-0.2, -0.15) is 0 Å². The van der Waals surface area contributed by atoms with E-state index in [9.17, 15) is 18.4 Å². The number of carbonyl (C=O) groups excluding carboxylic acids is 2. The van der Waals surface area contributed by atoms with E-state index in [2.05, 4.69) is 25.9 Å². The third kappa shape index (κ3) is 5.52. The summed E-state index contributed by atoms with van der Waals surface area (Å²) < 4.78 is 25.9. The normalized spacial score (nSPS) is 11.7. The number of carbonyl (C=O) groups is 2. The molecule has 1 unspecified atom stereocenters. The lowest BCUT2D eigenvalue weighted by atomic mass is 10.2. The Kier molecular flexibility index (Phi) is 6.96. The van der Waals surface area contributed by atoms with Gasteiger partial charge in [0.2, 0.25) is 5.91 Å². The topological polar surface area (TPSA) is 96.0 Å². The second-order valence-corrected chi connectivity index (χ2v) is 6.89.